The van der Waals surface area contributed by atoms with Crippen molar-refractivity contribution in [1.29, 1.82) is 0 Å². The molecule has 5 nitrogen and oxygen atoms in total. The summed E-state index contributed by atoms with van der Waals surface area (Å²) in [6.07, 6.45) is 0.662. The van der Waals surface area contributed by atoms with Crippen LogP contribution in [0.3, 0.4) is 0 Å². The number of hydrogen-bond donors (Lipinski definition) is 1. The molecule has 1 amide bonds. The maximum Gasteiger partial charge on any atom is 0.410 e. The Bertz CT molecular complexity index is 683. The predicted octanol–water partition coefficient (Wildman–Crippen LogP) is 4.81. The number of amides is 1. The molecule has 1 N–H and O–H groups in total. The van der Waals surface area contributed by atoms with Crippen LogP contribution in [0.15, 0.2) is 60.7 Å². The van der Waals surface area contributed by atoms with Gasteiger partial charge in [0.05, 0.1) is 18.8 Å². The SMILES string of the molecule is COc1ccc(C(C)N2CCC(CC(C)(C)O)OC2=O)cc1.c1ccccc1. The van der Waals surface area contributed by atoms with Gasteiger partial charge in [-0.15, -0.1) is 0 Å². The van der Waals surface area contributed by atoms with Gasteiger partial charge in [-0.3, -0.25) is 0 Å². The van der Waals surface area contributed by atoms with Crippen LogP contribution in [0.2, 0.25) is 0 Å². The van der Waals surface area contributed by atoms with E-state index in [1.807, 2.05) is 67.6 Å². The third kappa shape index (κ3) is 6.89. The molecule has 0 bridgehead atoms. The number of methoxy groups -OCH3 is 1. The monoisotopic (exact) mass is 385 g/mol. The number of carbonyl (C=O) groups excluding carboxylic acids is 1. The van der Waals surface area contributed by atoms with Gasteiger partial charge in [-0.25, -0.2) is 4.79 Å². The average Bonchev–Trinajstić information content (AvgIpc) is 2.68. The summed E-state index contributed by atoms with van der Waals surface area (Å²) in [5.74, 6) is 0.794. The van der Waals surface area contributed by atoms with Gasteiger partial charge in [-0.2, -0.15) is 0 Å². The van der Waals surface area contributed by atoms with E-state index in [-0.39, 0.29) is 18.2 Å². The Balaban J connectivity index is 0.000000397. The van der Waals surface area contributed by atoms with Crippen molar-refractivity contribution in [1.82, 2.24) is 4.90 Å². The molecule has 2 aromatic rings. The second-order valence-electron chi connectivity index (χ2n) is 7.61. The van der Waals surface area contributed by atoms with E-state index >= 15 is 0 Å². The van der Waals surface area contributed by atoms with E-state index in [4.69, 9.17) is 9.47 Å². The van der Waals surface area contributed by atoms with Gasteiger partial charge in [0.1, 0.15) is 11.9 Å². The highest BCUT2D eigenvalue weighted by molar-refractivity contribution is 5.69. The van der Waals surface area contributed by atoms with Crippen molar-refractivity contribution in [2.45, 2.75) is 51.4 Å². The second kappa shape index (κ2) is 10.1. The number of rotatable bonds is 5. The lowest BCUT2D eigenvalue weighted by atomic mass is 9.97. The number of carbonyl (C=O) groups is 1. The van der Waals surface area contributed by atoms with Gasteiger partial charge >= 0.3 is 6.09 Å². The van der Waals surface area contributed by atoms with E-state index < -0.39 is 5.60 Å². The highest BCUT2D eigenvalue weighted by Crippen LogP contribution is 2.28. The summed E-state index contributed by atoms with van der Waals surface area (Å²) in [6.45, 7) is 6.08. The quantitative estimate of drug-likeness (QED) is 0.802. The zero-order chi connectivity index (χ0) is 20.6. The molecule has 1 aliphatic heterocycles. The van der Waals surface area contributed by atoms with Crippen LogP contribution >= 0.6 is 0 Å². The van der Waals surface area contributed by atoms with Crippen LogP contribution < -0.4 is 4.74 Å². The Morgan fingerprint density at radius 2 is 1.68 bits per heavy atom. The Morgan fingerprint density at radius 1 is 1.14 bits per heavy atom. The number of cyclic esters (lactones) is 1. The Kier molecular flexibility index (Phi) is 7.88. The van der Waals surface area contributed by atoms with Crippen molar-refractivity contribution in [2.75, 3.05) is 13.7 Å². The van der Waals surface area contributed by atoms with Gasteiger partial charge in [-0.1, -0.05) is 48.5 Å². The summed E-state index contributed by atoms with van der Waals surface area (Å²) in [6, 6.07) is 19.6. The van der Waals surface area contributed by atoms with E-state index in [2.05, 4.69) is 0 Å². The molecule has 0 radical (unpaired) electrons. The van der Waals surface area contributed by atoms with Crippen LogP contribution in [0.1, 0.15) is 45.2 Å². The summed E-state index contributed by atoms with van der Waals surface area (Å²) in [4.78, 5) is 14.0. The largest absolute Gasteiger partial charge is 0.497 e. The number of aliphatic hydroxyl groups is 1. The summed E-state index contributed by atoms with van der Waals surface area (Å²) in [5, 5.41) is 9.84. The molecular formula is C23H31NO4. The zero-order valence-corrected chi connectivity index (χ0v) is 17.2. The Morgan fingerprint density at radius 3 is 2.11 bits per heavy atom. The second-order valence-corrected chi connectivity index (χ2v) is 7.61. The van der Waals surface area contributed by atoms with Crippen molar-refractivity contribution in [2.24, 2.45) is 0 Å². The van der Waals surface area contributed by atoms with Crippen molar-refractivity contribution < 1.29 is 19.4 Å². The first-order valence-corrected chi connectivity index (χ1v) is 9.64. The summed E-state index contributed by atoms with van der Waals surface area (Å²) < 4.78 is 10.6. The number of hydrogen-bond acceptors (Lipinski definition) is 4. The smallest absolute Gasteiger partial charge is 0.410 e. The van der Waals surface area contributed by atoms with Gasteiger partial charge in [0.25, 0.3) is 0 Å². The van der Waals surface area contributed by atoms with E-state index in [1.165, 1.54) is 0 Å². The topological polar surface area (TPSA) is 59.0 Å². The third-order valence-electron chi connectivity index (χ3n) is 4.65. The fourth-order valence-corrected chi connectivity index (χ4v) is 3.14. The van der Waals surface area contributed by atoms with Crippen molar-refractivity contribution in [3.05, 3.63) is 66.2 Å². The third-order valence-corrected chi connectivity index (χ3v) is 4.65. The molecule has 1 fully saturated rings. The minimum absolute atomic E-state index is 0.0542. The van der Waals surface area contributed by atoms with Crippen molar-refractivity contribution in [3.8, 4) is 5.75 Å². The molecule has 0 aliphatic carbocycles. The van der Waals surface area contributed by atoms with Crippen LogP contribution in [-0.2, 0) is 4.74 Å². The molecule has 1 heterocycles. The lowest BCUT2D eigenvalue weighted by molar-refractivity contribution is -0.0309. The van der Waals surface area contributed by atoms with E-state index in [0.717, 1.165) is 17.7 Å². The molecule has 1 saturated heterocycles. The zero-order valence-electron chi connectivity index (χ0n) is 17.2. The van der Waals surface area contributed by atoms with Gasteiger partial charge < -0.3 is 19.5 Å². The highest BCUT2D eigenvalue weighted by atomic mass is 16.6. The average molecular weight is 386 g/mol. The van der Waals surface area contributed by atoms with Crippen LogP contribution in [-0.4, -0.2) is 41.5 Å². The fraction of sp³-hybridized carbons (Fsp3) is 0.435. The molecule has 1 aliphatic rings. The lowest BCUT2D eigenvalue weighted by Crippen LogP contribution is -2.45. The standard InChI is InChI=1S/C17H25NO4.C6H6/c1-12(13-5-7-14(21-4)8-6-13)18-10-9-15(22-16(18)19)11-17(2,3)20;1-2-4-6-5-3-1/h5-8,12,15,20H,9-11H2,1-4H3;1-6H. The van der Waals surface area contributed by atoms with Crippen molar-refractivity contribution in [3.63, 3.8) is 0 Å². The minimum atomic E-state index is -0.825. The Hall–Kier alpha value is -2.53. The maximum absolute atomic E-state index is 12.2. The predicted molar refractivity (Wildman–Crippen MR) is 110 cm³/mol. The first-order valence-electron chi connectivity index (χ1n) is 9.64. The molecule has 0 aromatic heterocycles. The fourth-order valence-electron chi connectivity index (χ4n) is 3.14. The van der Waals surface area contributed by atoms with Crippen LogP contribution in [0.4, 0.5) is 4.79 Å². The number of nitrogens with zero attached hydrogens (tertiary/aromatic N) is 1. The first-order chi connectivity index (χ1) is 13.3. The normalized spacial score (nSPS) is 17.8. The van der Waals surface area contributed by atoms with E-state index in [9.17, 15) is 9.90 Å². The summed E-state index contributed by atoms with van der Waals surface area (Å²) >= 11 is 0. The van der Waals surface area contributed by atoms with Gasteiger partial charge in [0, 0.05) is 19.4 Å². The molecule has 5 heteroatoms. The molecule has 28 heavy (non-hydrogen) atoms. The molecule has 2 aromatic carbocycles. The molecule has 3 rings (SSSR count). The van der Waals surface area contributed by atoms with Crippen LogP contribution in [0, 0.1) is 0 Å². The summed E-state index contributed by atoms with van der Waals surface area (Å²) in [5.41, 5.74) is 0.216. The van der Waals surface area contributed by atoms with Gasteiger partial charge in [-0.05, 0) is 38.5 Å². The molecular weight excluding hydrogens is 354 g/mol. The van der Waals surface area contributed by atoms with Gasteiger partial charge in [0.2, 0.25) is 0 Å². The molecule has 152 valence electrons. The maximum atomic E-state index is 12.2. The lowest BCUT2D eigenvalue weighted by Gasteiger charge is -2.37. The Labute approximate surface area is 167 Å². The van der Waals surface area contributed by atoms with E-state index in [0.29, 0.717) is 13.0 Å². The molecule has 0 saturated carbocycles. The van der Waals surface area contributed by atoms with Crippen LogP contribution in [0.25, 0.3) is 0 Å². The first kappa shape index (κ1) is 21.8. The van der Waals surface area contributed by atoms with Gasteiger partial charge in [0.15, 0.2) is 0 Å². The minimum Gasteiger partial charge on any atom is -0.497 e. The molecule has 0 spiro atoms. The van der Waals surface area contributed by atoms with Crippen molar-refractivity contribution >= 4 is 6.09 Å². The van der Waals surface area contributed by atoms with E-state index in [1.54, 1.807) is 25.9 Å². The molecule has 2 unspecified atom stereocenters. The van der Waals surface area contributed by atoms with Crippen LogP contribution in [0.5, 0.6) is 5.75 Å². The number of ether oxygens (including phenoxy) is 2. The number of benzene rings is 2. The summed E-state index contributed by atoms with van der Waals surface area (Å²) in [7, 11) is 1.63. The molecule has 2 atom stereocenters. The highest BCUT2D eigenvalue weighted by Gasteiger charge is 2.33.